The normalized spacial score (nSPS) is 13.4. The van der Waals surface area contributed by atoms with Crippen LogP contribution in [0, 0.1) is 0 Å². The highest BCUT2D eigenvalue weighted by Gasteiger charge is 2.10. The SMILES string of the molecule is CCC(O)CCNS(=O)(=O)CCc1ccncc1. The Morgan fingerprint density at radius 1 is 1.39 bits per heavy atom. The minimum absolute atomic E-state index is 0.0548. The average molecular weight is 272 g/mol. The van der Waals surface area contributed by atoms with Gasteiger partial charge < -0.3 is 5.11 Å². The molecule has 1 aromatic heterocycles. The molecule has 0 radical (unpaired) electrons. The standard InChI is InChI=1S/C12H20N2O3S/c1-2-12(15)5-9-14-18(16,17)10-6-11-3-7-13-8-4-11/h3-4,7-8,12,14-15H,2,5-6,9-10H2,1H3. The van der Waals surface area contributed by atoms with Crippen molar-refractivity contribution in [3.05, 3.63) is 30.1 Å². The Morgan fingerprint density at radius 3 is 2.67 bits per heavy atom. The molecule has 0 fully saturated rings. The Labute approximate surface area is 108 Å². The van der Waals surface area contributed by atoms with E-state index in [0.717, 1.165) is 5.56 Å². The zero-order chi connectivity index (χ0) is 13.4. The van der Waals surface area contributed by atoms with Crippen LogP contribution in [0.25, 0.3) is 0 Å². The number of nitrogens with one attached hydrogen (secondary N) is 1. The van der Waals surface area contributed by atoms with Crippen LogP contribution < -0.4 is 4.72 Å². The molecule has 1 heterocycles. The molecule has 0 spiro atoms. The topological polar surface area (TPSA) is 79.3 Å². The van der Waals surface area contributed by atoms with Crippen molar-refractivity contribution >= 4 is 10.0 Å². The molecule has 1 rings (SSSR count). The lowest BCUT2D eigenvalue weighted by Crippen LogP contribution is -2.30. The van der Waals surface area contributed by atoms with E-state index in [9.17, 15) is 13.5 Å². The van der Waals surface area contributed by atoms with Crippen molar-refractivity contribution in [2.45, 2.75) is 32.3 Å². The van der Waals surface area contributed by atoms with Crippen molar-refractivity contribution in [3.63, 3.8) is 0 Å². The number of rotatable bonds is 8. The van der Waals surface area contributed by atoms with Crippen LogP contribution in [0.4, 0.5) is 0 Å². The maximum atomic E-state index is 11.7. The van der Waals surface area contributed by atoms with Gasteiger partial charge in [0.15, 0.2) is 0 Å². The van der Waals surface area contributed by atoms with Crippen molar-refractivity contribution in [2.75, 3.05) is 12.3 Å². The predicted molar refractivity (Wildman–Crippen MR) is 70.6 cm³/mol. The van der Waals surface area contributed by atoms with Gasteiger partial charge in [0.1, 0.15) is 0 Å². The first-order chi connectivity index (χ1) is 8.53. The monoisotopic (exact) mass is 272 g/mol. The molecule has 2 N–H and O–H groups in total. The van der Waals surface area contributed by atoms with Gasteiger partial charge in [0.25, 0.3) is 0 Å². The first-order valence-corrected chi connectivity index (χ1v) is 7.73. The highest BCUT2D eigenvalue weighted by molar-refractivity contribution is 7.89. The molecule has 0 saturated carbocycles. The van der Waals surface area contributed by atoms with Crippen LogP contribution >= 0.6 is 0 Å². The fourth-order valence-electron chi connectivity index (χ4n) is 1.46. The molecular weight excluding hydrogens is 252 g/mol. The first kappa shape index (κ1) is 15.1. The summed E-state index contributed by atoms with van der Waals surface area (Å²) in [4.78, 5) is 3.88. The molecule has 18 heavy (non-hydrogen) atoms. The third-order valence-corrected chi connectivity index (χ3v) is 4.07. The minimum Gasteiger partial charge on any atom is -0.393 e. The maximum absolute atomic E-state index is 11.7. The van der Waals surface area contributed by atoms with Gasteiger partial charge in [0.05, 0.1) is 11.9 Å². The number of aliphatic hydroxyl groups is 1. The number of pyridine rings is 1. The van der Waals surface area contributed by atoms with E-state index in [0.29, 0.717) is 19.3 Å². The molecule has 0 aliphatic carbocycles. The summed E-state index contributed by atoms with van der Waals surface area (Å²) in [6, 6.07) is 3.60. The number of hydrogen-bond donors (Lipinski definition) is 2. The van der Waals surface area contributed by atoms with E-state index >= 15 is 0 Å². The summed E-state index contributed by atoms with van der Waals surface area (Å²) in [6.45, 7) is 2.15. The molecule has 6 heteroatoms. The van der Waals surface area contributed by atoms with Crippen LogP contribution in [0.15, 0.2) is 24.5 Å². The number of aliphatic hydroxyl groups excluding tert-OH is 1. The summed E-state index contributed by atoms with van der Waals surface area (Å²) in [5.41, 5.74) is 0.948. The predicted octanol–water partition coefficient (Wildman–Crippen LogP) is 0.704. The zero-order valence-corrected chi connectivity index (χ0v) is 11.4. The first-order valence-electron chi connectivity index (χ1n) is 6.08. The second kappa shape index (κ2) is 7.45. The van der Waals surface area contributed by atoms with Crippen molar-refractivity contribution < 1.29 is 13.5 Å². The second-order valence-corrected chi connectivity index (χ2v) is 6.10. The third kappa shape index (κ3) is 6.09. The third-order valence-electron chi connectivity index (χ3n) is 2.68. The molecule has 1 aromatic rings. The largest absolute Gasteiger partial charge is 0.393 e. The Bertz CT molecular complexity index is 434. The second-order valence-electron chi connectivity index (χ2n) is 4.17. The van der Waals surface area contributed by atoms with Crippen LogP contribution in [-0.2, 0) is 16.4 Å². The van der Waals surface area contributed by atoms with Gasteiger partial charge in [-0.05, 0) is 37.0 Å². The number of hydrogen-bond acceptors (Lipinski definition) is 4. The molecule has 0 saturated heterocycles. The van der Waals surface area contributed by atoms with Gasteiger partial charge in [-0.3, -0.25) is 4.98 Å². The molecule has 0 aliphatic rings. The molecule has 1 unspecified atom stereocenters. The van der Waals surface area contributed by atoms with Crippen LogP contribution in [0.3, 0.4) is 0 Å². The van der Waals surface area contributed by atoms with Crippen LogP contribution in [0.2, 0.25) is 0 Å². The lowest BCUT2D eigenvalue weighted by Gasteiger charge is -2.09. The van der Waals surface area contributed by atoms with E-state index in [-0.39, 0.29) is 12.3 Å². The number of aryl methyl sites for hydroxylation is 1. The van der Waals surface area contributed by atoms with Gasteiger partial charge in [-0.2, -0.15) is 0 Å². The van der Waals surface area contributed by atoms with Gasteiger partial charge in [-0.15, -0.1) is 0 Å². The Kier molecular flexibility index (Phi) is 6.24. The summed E-state index contributed by atoms with van der Waals surface area (Å²) in [5.74, 6) is 0.0548. The van der Waals surface area contributed by atoms with E-state index in [1.165, 1.54) is 0 Å². The Balaban J connectivity index is 2.32. The van der Waals surface area contributed by atoms with Crippen molar-refractivity contribution in [1.29, 1.82) is 0 Å². The Morgan fingerprint density at radius 2 is 2.06 bits per heavy atom. The maximum Gasteiger partial charge on any atom is 0.211 e. The van der Waals surface area contributed by atoms with Crippen LogP contribution in [0.1, 0.15) is 25.3 Å². The number of nitrogens with zero attached hydrogens (tertiary/aromatic N) is 1. The molecule has 0 aromatic carbocycles. The minimum atomic E-state index is -3.27. The molecular formula is C12H20N2O3S. The van der Waals surface area contributed by atoms with Gasteiger partial charge in [0.2, 0.25) is 10.0 Å². The highest BCUT2D eigenvalue weighted by Crippen LogP contribution is 2.00. The average Bonchev–Trinajstić information content (AvgIpc) is 2.37. The lowest BCUT2D eigenvalue weighted by molar-refractivity contribution is 0.162. The van der Waals surface area contributed by atoms with Gasteiger partial charge in [-0.1, -0.05) is 6.92 Å². The van der Waals surface area contributed by atoms with E-state index in [1.54, 1.807) is 24.5 Å². The summed E-state index contributed by atoms with van der Waals surface area (Å²) in [6.07, 6.45) is 4.41. The van der Waals surface area contributed by atoms with Crippen molar-refractivity contribution in [2.24, 2.45) is 0 Å². The fourth-order valence-corrected chi connectivity index (χ4v) is 2.54. The summed E-state index contributed by atoms with van der Waals surface area (Å²) >= 11 is 0. The van der Waals surface area contributed by atoms with Crippen molar-refractivity contribution in [1.82, 2.24) is 9.71 Å². The molecule has 1 atom stereocenters. The summed E-state index contributed by atoms with van der Waals surface area (Å²) in [7, 11) is -3.27. The number of sulfonamides is 1. The molecule has 102 valence electrons. The molecule has 5 nitrogen and oxygen atoms in total. The number of aromatic nitrogens is 1. The fraction of sp³-hybridized carbons (Fsp3) is 0.583. The van der Waals surface area contributed by atoms with E-state index < -0.39 is 16.1 Å². The smallest absolute Gasteiger partial charge is 0.211 e. The van der Waals surface area contributed by atoms with E-state index in [4.69, 9.17) is 0 Å². The summed E-state index contributed by atoms with van der Waals surface area (Å²) < 4.78 is 25.8. The quantitative estimate of drug-likeness (QED) is 0.730. The van der Waals surface area contributed by atoms with Crippen LogP contribution in [-0.4, -0.2) is 36.9 Å². The molecule has 0 amide bonds. The zero-order valence-electron chi connectivity index (χ0n) is 10.5. The van der Waals surface area contributed by atoms with Gasteiger partial charge in [-0.25, -0.2) is 13.1 Å². The Hall–Kier alpha value is -0.980. The van der Waals surface area contributed by atoms with Crippen LogP contribution in [0.5, 0.6) is 0 Å². The highest BCUT2D eigenvalue weighted by atomic mass is 32.2. The van der Waals surface area contributed by atoms with Crippen molar-refractivity contribution in [3.8, 4) is 0 Å². The molecule has 0 aliphatic heterocycles. The van der Waals surface area contributed by atoms with Gasteiger partial charge >= 0.3 is 0 Å². The molecule has 0 bridgehead atoms. The van der Waals surface area contributed by atoms with E-state index in [1.807, 2.05) is 6.92 Å². The summed E-state index contributed by atoms with van der Waals surface area (Å²) in [5, 5.41) is 9.32. The lowest BCUT2D eigenvalue weighted by atomic mass is 10.2. The van der Waals surface area contributed by atoms with Gasteiger partial charge in [0, 0.05) is 18.9 Å². The van der Waals surface area contributed by atoms with E-state index in [2.05, 4.69) is 9.71 Å².